The average Bonchev–Trinajstić information content (AvgIpc) is 2.28. The lowest BCUT2D eigenvalue weighted by atomic mass is 10.0. The van der Waals surface area contributed by atoms with Crippen LogP contribution in [-0.4, -0.2) is 19.9 Å². The second kappa shape index (κ2) is 5.47. The Morgan fingerprint density at radius 3 is 2.81 bits per heavy atom. The molecule has 0 spiro atoms. The molecule has 0 saturated heterocycles. The molecule has 0 bridgehead atoms. The number of carbonyl (C=O) groups is 1. The van der Waals surface area contributed by atoms with Crippen molar-refractivity contribution in [3.8, 4) is 0 Å². The van der Waals surface area contributed by atoms with Gasteiger partial charge in [-0.25, -0.2) is 0 Å². The molecule has 1 unspecified atom stereocenters. The van der Waals surface area contributed by atoms with E-state index in [9.17, 15) is 4.79 Å². The Morgan fingerprint density at radius 2 is 2.25 bits per heavy atom. The SMILES string of the molecule is C=CC(=O)CC(N)c1cccc(N(C)C)c1. The first-order valence-corrected chi connectivity index (χ1v) is 5.22. The van der Waals surface area contributed by atoms with Crippen molar-refractivity contribution in [1.29, 1.82) is 0 Å². The van der Waals surface area contributed by atoms with Gasteiger partial charge < -0.3 is 10.6 Å². The van der Waals surface area contributed by atoms with Crippen LogP contribution in [0.25, 0.3) is 0 Å². The van der Waals surface area contributed by atoms with Crippen molar-refractivity contribution in [2.45, 2.75) is 12.5 Å². The van der Waals surface area contributed by atoms with Gasteiger partial charge in [0.15, 0.2) is 5.78 Å². The number of hydrogen-bond acceptors (Lipinski definition) is 3. The van der Waals surface area contributed by atoms with Crippen molar-refractivity contribution >= 4 is 11.5 Å². The molecule has 86 valence electrons. The van der Waals surface area contributed by atoms with Crippen LogP contribution in [0, 0.1) is 0 Å². The molecular weight excluding hydrogens is 200 g/mol. The van der Waals surface area contributed by atoms with Crippen molar-refractivity contribution in [2.24, 2.45) is 5.73 Å². The number of ketones is 1. The van der Waals surface area contributed by atoms with Crippen LogP contribution < -0.4 is 10.6 Å². The first-order valence-electron chi connectivity index (χ1n) is 5.22. The minimum atomic E-state index is -0.259. The summed E-state index contributed by atoms with van der Waals surface area (Å²) in [5.74, 6) is -0.0252. The van der Waals surface area contributed by atoms with Crippen molar-refractivity contribution in [3.05, 3.63) is 42.5 Å². The molecule has 0 aromatic heterocycles. The zero-order valence-corrected chi connectivity index (χ0v) is 9.81. The van der Waals surface area contributed by atoms with Gasteiger partial charge in [-0.2, -0.15) is 0 Å². The van der Waals surface area contributed by atoms with E-state index in [2.05, 4.69) is 6.58 Å². The van der Waals surface area contributed by atoms with Crippen LogP contribution in [0.15, 0.2) is 36.9 Å². The molecule has 0 saturated carbocycles. The molecule has 3 heteroatoms. The third-order valence-corrected chi connectivity index (χ3v) is 2.46. The van der Waals surface area contributed by atoms with Crippen LogP contribution in [0.2, 0.25) is 0 Å². The topological polar surface area (TPSA) is 46.3 Å². The van der Waals surface area contributed by atoms with E-state index in [-0.39, 0.29) is 11.8 Å². The Hall–Kier alpha value is -1.61. The second-order valence-corrected chi connectivity index (χ2v) is 3.97. The lowest BCUT2D eigenvalue weighted by molar-refractivity contribution is -0.114. The fraction of sp³-hybridized carbons (Fsp3) is 0.308. The number of anilines is 1. The van der Waals surface area contributed by atoms with E-state index in [0.29, 0.717) is 6.42 Å². The smallest absolute Gasteiger partial charge is 0.156 e. The molecule has 0 aliphatic heterocycles. The first-order chi connectivity index (χ1) is 7.54. The van der Waals surface area contributed by atoms with Crippen LogP contribution in [0.5, 0.6) is 0 Å². The van der Waals surface area contributed by atoms with Gasteiger partial charge in [0.25, 0.3) is 0 Å². The number of rotatable bonds is 5. The molecule has 0 amide bonds. The van der Waals surface area contributed by atoms with E-state index in [1.807, 2.05) is 43.3 Å². The normalized spacial score (nSPS) is 11.9. The summed E-state index contributed by atoms with van der Waals surface area (Å²) in [5.41, 5.74) is 8.01. The fourth-order valence-corrected chi connectivity index (χ4v) is 1.45. The summed E-state index contributed by atoms with van der Waals surface area (Å²) in [6, 6.07) is 7.63. The largest absolute Gasteiger partial charge is 0.378 e. The quantitative estimate of drug-likeness (QED) is 0.768. The maximum absolute atomic E-state index is 11.2. The Labute approximate surface area is 96.6 Å². The van der Waals surface area contributed by atoms with E-state index in [4.69, 9.17) is 5.73 Å². The summed E-state index contributed by atoms with van der Waals surface area (Å²) < 4.78 is 0. The van der Waals surface area contributed by atoms with Crippen LogP contribution in [-0.2, 0) is 4.79 Å². The molecule has 0 heterocycles. The predicted molar refractivity (Wildman–Crippen MR) is 67.5 cm³/mol. The molecule has 1 atom stereocenters. The molecular formula is C13H18N2O. The van der Waals surface area contributed by atoms with Crippen LogP contribution >= 0.6 is 0 Å². The second-order valence-electron chi connectivity index (χ2n) is 3.97. The van der Waals surface area contributed by atoms with Crippen LogP contribution in [0.4, 0.5) is 5.69 Å². The van der Waals surface area contributed by atoms with Crippen LogP contribution in [0.1, 0.15) is 18.0 Å². The summed E-state index contributed by atoms with van der Waals surface area (Å²) in [6.07, 6.45) is 1.62. The van der Waals surface area contributed by atoms with Gasteiger partial charge in [-0.1, -0.05) is 18.7 Å². The fourth-order valence-electron chi connectivity index (χ4n) is 1.45. The van der Waals surface area contributed by atoms with Gasteiger partial charge in [0.05, 0.1) is 0 Å². The van der Waals surface area contributed by atoms with Gasteiger partial charge in [0, 0.05) is 32.2 Å². The summed E-state index contributed by atoms with van der Waals surface area (Å²) in [6.45, 7) is 3.44. The molecule has 0 fully saturated rings. The molecule has 1 rings (SSSR count). The standard InChI is InChI=1S/C13H18N2O/c1-4-12(16)9-13(14)10-6-5-7-11(8-10)15(2)3/h4-8,13H,1,9,14H2,2-3H3. The Bertz CT molecular complexity index is 385. The van der Waals surface area contributed by atoms with Crippen molar-refractivity contribution in [1.82, 2.24) is 0 Å². The molecule has 0 aliphatic rings. The van der Waals surface area contributed by atoms with E-state index < -0.39 is 0 Å². The lowest BCUT2D eigenvalue weighted by Crippen LogP contribution is -2.15. The third-order valence-electron chi connectivity index (χ3n) is 2.46. The number of benzene rings is 1. The van der Waals surface area contributed by atoms with Crippen LogP contribution in [0.3, 0.4) is 0 Å². The molecule has 2 N–H and O–H groups in total. The van der Waals surface area contributed by atoms with E-state index in [1.165, 1.54) is 6.08 Å². The predicted octanol–water partition coefficient (Wildman–Crippen LogP) is 1.90. The monoisotopic (exact) mass is 218 g/mol. The number of allylic oxidation sites excluding steroid dienone is 1. The van der Waals surface area contributed by atoms with E-state index >= 15 is 0 Å². The van der Waals surface area contributed by atoms with Crippen molar-refractivity contribution in [2.75, 3.05) is 19.0 Å². The molecule has 1 aromatic carbocycles. The number of nitrogens with zero attached hydrogens (tertiary/aromatic N) is 1. The third kappa shape index (κ3) is 3.21. The van der Waals surface area contributed by atoms with Gasteiger partial charge in [-0.05, 0) is 23.8 Å². The molecule has 0 aliphatic carbocycles. The molecule has 0 radical (unpaired) electrons. The summed E-state index contributed by atoms with van der Waals surface area (Å²) >= 11 is 0. The summed E-state index contributed by atoms with van der Waals surface area (Å²) in [4.78, 5) is 13.2. The zero-order chi connectivity index (χ0) is 12.1. The highest BCUT2D eigenvalue weighted by Crippen LogP contribution is 2.20. The van der Waals surface area contributed by atoms with Gasteiger partial charge >= 0.3 is 0 Å². The molecule has 3 nitrogen and oxygen atoms in total. The lowest BCUT2D eigenvalue weighted by Gasteiger charge is -2.16. The highest BCUT2D eigenvalue weighted by molar-refractivity contribution is 5.89. The summed E-state index contributed by atoms with van der Waals surface area (Å²) in [7, 11) is 3.94. The maximum atomic E-state index is 11.2. The van der Waals surface area contributed by atoms with Crippen molar-refractivity contribution < 1.29 is 4.79 Å². The highest BCUT2D eigenvalue weighted by Gasteiger charge is 2.10. The maximum Gasteiger partial charge on any atom is 0.156 e. The Balaban J connectivity index is 2.83. The van der Waals surface area contributed by atoms with Crippen molar-refractivity contribution in [3.63, 3.8) is 0 Å². The number of carbonyl (C=O) groups excluding carboxylic acids is 1. The van der Waals surface area contributed by atoms with Gasteiger partial charge in [-0.3, -0.25) is 4.79 Å². The van der Waals surface area contributed by atoms with Gasteiger partial charge in [0.2, 0.25) is 0 Å². The Kier molecular flexibility index (Phi) is 4.26. The Morgan fingerprint density at radius 1 is 1.56 bits per heavy atom. The molecule has 16 heavy (non-hydrogen) atoms. The minimum Gasteiger partial charge on any atom is -0.378 e. The number of nitrogens with two attached hydrogens (primary N) is 1. The average molecular weight is 218 g/mol. The van der Waals surface area contributed by atoms with E-state index in [0.717, 1.165) is 11.3 Å². The van der Waals surface area contributed by atoms with E-state index in [1.54, 1.807) is 0 Å². The van der Waals surface area contributed by atoms with Gasteiger partial charge in [-0.15, -0.1) is 0 Å². The summed E-state index contributed by atoms with van der Waals surface area (Å²) in [5, 5.41) is 0. The molecule has 1 aromatic rings. The highest BCUT2D eigenvalue weighted by atomic mass is 16.1. The first kappa shape index (κ1) is 12.5. The zero-order valence-electron chi connectivity index (χ0n) is 9.81. The van der Waals surface area contributed by atoms with Gasteiger partial charge in [0.1, 0.15) is 0 Å². The minimum absolute atomic E-state index is 0.0252. The number of hydrogen-bond donors (Lipinski definition) is 1.